The van der Waals surface area contributed by atoms with Gasteiger partial charge >= 0.3 is 5.97 Å². The zero-order valence-corrected chi connectivity index (χ0v) is 9.72. The highest BCUT2D eigenvalue weighted by Gasteiger charge is 2.14. The fraction of sp³-hybridized carbons (Fsp3) is 0.636. The predicted molar refractivity (Wildman–Crippen MR) is 58.7 cm³/mol. The maximum absolute atomic E-state index is 11.1. The molecule has 1 atom stereocenters. The minimum absolute atomic E-state index is 0.226. The van der Waals surface area contributed by atoms with E-state index in [0.717, 1.165) is 12.2 Å². The van der Waals surface area contributed by atoms with E-state index in [1.807, 2.05) is 11.5 Å². The van der Waals surface area contributed by atoms with E-state index < -0.39 is 6.10 Å². The van der Waals surface area contributed by atoms with Gasteiger partial charge in [0.1, 0.15) is 0 Å². The molecule has 0 fully saturated rings. The Morgan fingerprint density at radius 2 is 2.38 bits per heavy atom. The first kappa shape index (κ1) is 12.7. The maximum atomic E-state index is 11.1. The van der Waals surface area contributed by atoms with E-state index in [4.69, 9.17) is 4.74 Å². The number of hydrogen-bond donors (Lipinski definition) is 1. The summed E-state index contributed by atoms with van der Waals surface area (Å²) < 4.78 is 6.65. The molecule has 0 aliphatic rings. The van der Waals surface area contributed by atoms with Crippen LogP contribution in [0.5, 0.6) is 0 Å². The van der Waals surface area contributed by atoms with Gasteiger partial charge in [-0.15, -0.1) is 0 Å². The second kappa shape index (κ2) is 6.27. The molecule has 0 radical (unpaired) electrons. The molecule has 1 aromatic heterocycles. The van der Waals surface area contributed by atoms with Crippen molar-refractivity contribution in [3.63, 3.8) is 0 Å². The minimum Gasteiger partial charge on any atom is -0.466 e. The lowest BCUT2D eigenvalue weighted by Gasteiger charge is -2.11. The third-order valence-electron chi connectivity index (χ3n) is 2.35. The molecule has 16 heavy (non-hydrogen) atoms. The normalized spacial score (nSPS) is 12.4. The van der Waals surface area contributed by atoms with Crippen LogP contribution in [0.2, 0.25) is 0 Å². The number of aromatic nitrogens is 2. The lowest BCUT2D eigenvalue weighted by Crippen LogP contribution is -2.10. The first-order chi connectivity index (χ1) is 7.69. The lowest BCUT2D eigenvalue weighted by atomic mass is 10.1. The van der Waals surface area contributed by atoms with Crippen LogP contribution < -0.4 is 0 Å². The van der Waals surface area contributed by atoms with Crippen LogP contribution in [0.15, 0.2) is 12.5 Å². The predicted octanol–water partition coefficient (Wildman–Crippen LogP) is 1.28. The topological polar surface area (TPSA) is 64.3 Å². The number of rotatable bonds is 6. The number of esters is 1. The Bertz CT molecular complexity index is 336. The van der Waals surface area contributed by atoms with Gasteiger partial charge in [0.25, 0.3) is 0 Å². The zero-order chi connectivity index (χ0) is 12.0. The van der Waals surface area contributed by atoms with Gasteiger partial charge in [0.15, 0.2) is 0 Å². The molecule has 5 heteroatoms. The second-order valence-electron chi connectivity index (χ2n) is 3.46. The molecule has 5 nitrogen and oxygen atoms in total. The van der Waals surface area contributed by atoms with Gasteiger partial charge in [-0.25, -0.2) is 4.98 Å². The Morgan fingerprint density at radius 1 is 1.62 bits per heavy atom. The van der Waals surface area contributed by atoms with Gasteiger partial charge in [-0.1, -0.05) is 0 Å². The molecule has 1 N–H and O–H groups in total. The Morgan fingerprint density at radius 3 is 3.00 bits per heavy atom. The van der Waals surface area contributed by atoms with Gasteiger partial charge in [-0.3, -0.25) is 4.79 Å². The van der Waals surface area contributed by atoms with Crippen LogP contribution in [0.3, 0.4) is 0 Å². The summed E-state index contributed by atoms with van der Waals surface area (Å²) in [5.74, 6) is -0.274. The first-order valence-electron chi connectivity index (χ1n) is 5.52. The molecule has 0 aromatic carbocycles. The number of nitrogens with zero attached hydrogens (tertiary/aromatic N) is 2. The van der Waals surface area contributed by atoms with Crippen molar-refractivity contribution in [2.75, 3.05) is 6.61 Å². The highest BCUT2D eigenvalue weighted by molar-refractivity contribution is 5.69. The molecule has 0 aliphatic carbocycles. The molecule has 90 valence electrons. The van der Waals surface area contributed by atoms with Gasteiger partial charge in [0.05, 0.1) is 30.9 Å². The Kier molecular flexibility index (Phi) is 4.98. The Balaban J connectivity index is 2.46. The molecule has 0 saturated carbocycles. The SMILES string of the molecule is CCOC(=O)CCC(O)c1cncn1CC. The summed E-state index contributed by atoms with van der Waals surface area (Å²) in [7, 11) is 0. The van der Waals surface area contributed by atoms with E-state index in [-0.39, 0.29) is 12.4 Å². The van der Waals surface area contributed by atoms with Crippen LogP contribution >= 0.6 is 0 Å². The van der Waals surface area contributed by atoms with E-state index in [0.29, 0.717) is 13.0 Å². The summed E-state index contributed by atoms with van der Waals surface area (Å²) in [6.45, 7) is 4.87. The molecule has 0 aliphatic heterocycles. The van der Waals surface area contributed by atoms with Crippen molar-refractivity contribution in [3.8, 4) is 0 Å². The van der Waals surface area contributed by atoms with Crippen LogP contribution in [-0.4, -0.2) is 27.2 Å². The average molecular weight is 226 g/mol. The molecule has 1 rings (SSSR count). The van der Waals surface area contributed by atoms with Crippen LogP contribution in [0.1, 0.15) is 38.5 Å². The number of carbonyl (C=O) groups is 1. The number of aliphatic hydroxyl groups is 1. The van der Waals surface area contributed by atoms with E-state index in [2.05, 4.69) is 4.98 Å². The van der Waals surface area contributed by atoms with Gasteiger partial charge in [0, 0.05) is 13.0 Å². The van der Waals surface area contributed by atoms with E-state index >= 15 is 0 Å². The largest absolute Gasteiger partial charge is 0.466 e. The van der Waals surface area contributed by atoms with Gasteiger partial charge in [-0.05, 0) is 20.3 Å². The smallest absolute Gasteiger partial charge is 0.305 e. The van der Waals surface area contributed by atoms with Gasteiger partial charge in [0.2, 0.25) is 0 Å². The summed E-state index contributed by atoms with van der Waals surface area (Å²) in [6, 6.07) is 0. The van der Waals surface area contributed by atoms with Crippen molar-refractivity contribution in [2.24, 2.45) is 0 Å². The number of hydrogen-bond acceptors (Lipinski definition) is 4. The van der Waals surface area contributed by atoms with Crippen molar-refractivity contribution in [1.82, 2.24) is 9.55 Å². The van der Waals surface area contributed by atoms with Crippen LogP contribution in [0.25, 0.3) is 0 Å². The molecule has 0 saturated heterocycles. The molecule has 0 bridgehead atoms. The number of aryl methyl sites for hydroxylation is 1. The Hall–Kier alpha value is -1.36. The molecular weight excluding hydrogens is 208 g/mol. The third-order valence-corrected chi connectivity index (χ3v) is 2.35. The minimum atomic E-state index is -0.660. The van der Waals surface area contributed by atoms with E-state index in [1.54, 1.807) is 19.4 Å². The number of ether oxygens (including phenoxy) is 1. The molecule has 0 amide bonds. The first-order valence-corrected chi connectivity index (χ1v) is 5.52. The highest BCUT2D eigenvalue weighted by atomic mass is 16.5. The molecular formula is C11H18N2O3. The number of imidazole rings is 1. The number of carbonyl (C=O) groups excluding carboxylic acids is 1. The Labute approximate surface area is 95.1 Å². The van der Waals surface area contributed by atoms with Crippen molar-refractivity contribution < 1.29 is 14.6 Å². The van der Waals surface area contributed by atoms with E-state index in [1.165, 1.54) is 0 Å². The van der Waals surface area contributed by atoms with Crippen molar-refractivity contribution in [3.05, 3.63) is 18.2 Å². The van der Waals surface area contributed by atoms with Crippen LogP contribution in [-0.2, 0) is 16.1 Å². The highest BCUT2D eigenvalue weighted by Crippen LogP contribution is 2.18. The quantitative estimate of drug-likeness (QED) is 0.742. The fourth-order valence-corrected chi connectivity index (χ4v) is 1.51. The summed E-state index contributed by atoms with van der Waals surface area (Å²) in [5.41, 5.74) is 0.742. The average Bonchev–Trinajstić information content (AvgIpc) is 2.74. The van der Waals surface area contributed by atoms with E-state index in [9.17, 15) is 9.90 Å². The summed E-state index contributed by atoms with van der Waals surface area (Å²) in [4.78, 5) is 15.1. The molecule has 1 aromatic rings. The van der Waals surface area contributed by atoms with Gasteiger partial charge in [-0.2, -0.15) is 0 Å². The standard InChI is InChI=1S/C11H18N2O3/c1-3-13-8-12-7-9(13)10(14)5-6-11(15)16-4-2/h7-8,10,14H,3-6H2,1-2H3. The second-order valence-corrected chi connectivity index (χ2v) is 3.46. The van der Waals surface area contributed by atoms with Crippen molar-refractivity contribution >= 4 is 5.97 Å². The van der Waals surface area contributed by atoms with Crippen LogP contribution in [0.4, 0.5) is 0 Å². The summed E-state index contributed by atoms with van der Waals surface area (Å²) >= 11 is 0. The van der Waals surface area contributed by atoms with Gasteiger partial charge < -0.3 is 14.4 Å². The van der Waals surface area contributed by atoms with Crippen LogP contribution in [0, 0.1) is 0 Å². The maximum Gasteiger partial charge on any atom is 0.305 e. The summed E-state index contributed by atoms with van der Waals surface area (Å²) in [5, 5.41) is 9.87. The third kappa shape index (κ3) is 3.34. The van der Waals surface area contributed by atoms with Crippen molar-refractivity contribution in [2.45, 2.75) is 39.3 Å². The molecule has 1 unspecified atom stereocenters. The zero-order valence-electron chi connectivity index (χ0n) is 9.72. The molecule has 1 heterocycles. The fourth-order valence-electron chi connectivity index (χ4n) is 1.51. The molecule has 0 spiro atoms. The lowest BCUT2D eigenvalue weighted by molar-refractivity contribution is -0.143. The monoisotopic (exact) mass is 226 g/mol. The van der Waals surface area contributed by atoms with Crippen molar-refractivity contribution in [1.29, 1.82) is 0 Å². The number of aliphatic hydroxyl groups excluding tert-OH is 1. The summed E-state index contributed by atoms with van der Waals surface area (Å²) in [6.07, 6.45) is 3.23.